The molecule has 0 unspecified atom stereocenters. The second-order valence-corrected chi connectivity index (χ2v) is 8.47. The Morgan fingerprint density at radius 2 is 1.87 bits per heavy atom. The minimum absolute atomic E-state index is 0.0851. The second kappa shape index (κ2) is 9.06. The van der Waals surface area contributed by atoms with Crippen LogP contribution in [0.1, 0.15) is 15.2 Å². The summed E-state index contributed by atoms with van der Waals surface area (Å²) in [6, 6.07) is 10.5. The molecule has 0 spiro atoms. The smallest absolute Gasteiger partial charge is 0.328 e. The summed E-state index contributed by atoms with van der Waals surface area (Å²) in [6.07, 6.45) is 1.10. The molecule has 4 aromatic rings. The first-order valence-electron chi connectivity index (χ1n) is 9.28. The van der Waals surface area contributed by atoms with Crippen molar-refractivity contribution in [1.82, 2.24) is 24.6 Å². The first-order valence-corrected chi connectivity index (χ1v) is 11.0. The van der Waals surface area contributed by atoms with E-state index in [1.165, 1.54) is 33.4 Å². The lowest BCUT2D eigenvalue weighted by Crippen LogP contribution is -2.41. The van der Waals surface area contributed by atoms with Crippen molar-refractivity contribution in [3.63, 3.8) is 0 Å². The van der Waals surface area contributed by atoms with E-state index in [-0.39, 0.29) is 30.8 Å². The van der Waals surface area contributed by atoms with Gasteiger partial charge in [0.1, 0.15) is 11.3 Å². The zero-order valence-electron chi connectivity index (χ0n) is 16.1. The summed E-state index contributed by atoms with van der Waals surface area (Å²) in [7, 11) is 0. The van der Waals surface area contributed by atoms with Crippen molar-refractivity contribution >= 4 is 28.6 Å². The zero-order chi connectivity index (χ0) is 21.8. The van der Waals surface area contributed by atoms with Crippen molar-refractivity contribution in [2.75, 3.05) is 6.54 Å². The molecule has 0 saturated carbocycles. The monoisotopic (exact) mass is 455 g/mol. The first-order chi connectivity index (χ1) is 15.0. The lowest BCUT2D eigenvalue weighted by molar-refractivity contribution is 0.0949. The van der Waals surface area contributed by atoms with E-state index in [9.17, 15) is 19.2 Å². The first kappa shape index (κ1) is 20.7. The Morgan fingerprint density at radius 3 is 2.61 bits per heavy atom. The normalized spacial score (nSPS) is 10.8. The van der Waals surface area contributed by atoms with Crippen LogP contribution in [0.4, 0.5) is 0 Å². The van der Waals surface area contributed by atoms with Crippen LogP contribution in [0.25, 0.3) is 10.6 Å². The largest absolute Gasteiger partial charge is 0.350 e. The Labute approximate surface area is 183 Å². The average Bonchev–Trinajstić information content (AvgIpc) is 3.47. The summed E-state index contributed by atoms with van der Waals surface area (Å²) in [5, 5.41) is 10.7. The number of H-pyrrole nitrogens is 1. The van der Waals surface area contributed by atoms with E-state index in [0.29, 0.717) is 5.69 Å². The lowest BCUT2D eigenvalue weighted by atomic mass is 10.3. The third kappa shape index (κ3) is 4.62. The third-order valence-corrected chi connectivity index (χ3v) is 6.20. The average molecular weight is 456 g/mol. The van der Waals surface area contributed by atoms with Crippen molar-refractivity contribution in [2.24, 2.45) is 0 Å². The minimum atomic E-state index is -0.676. The van der Waals surface area contributed by atoms with Gasteiger partial charge in [0, 0.05) is 23.7 Å². The predicted molar refractivity (Wildman–Crippen MR) is 119 cm³/mol. The van der Waals surface area contributed by atoms with Crippen LogP contribution in [0.2, 0.25) is 0 Å². The molecule has 158 valence electrons. The van der Waals surface area contributed by atoms with E-state index >= 15 is 0 Å². The van der Waals surface area contributed by atoms with Crippen molar-refractivity contribution in [3.05, 3.63) is 95.0 Å². The molecule has 0 aliphatic carbocycles. The summed E-state index contributed by atoms with van der Waals surface area (Å²) < 4.78 is 2.24. The molecule has 0 radical (unpaired) electrons. The molecular weight excluding hydrogens is 438 g/mol. The molecule has 1 amide bonds. The fourth-order valence-electron chi connectivity index (χ4n) is 2.91. The Balaban J connectivity index is 1.46. The lowest BCUT2D eigenvalue weighted by Gasteiger charge is -2.09. The summed E-state index contributed by atoms with van der Waals surface area (Å²) >= 11 is 2.92. The molecule has 4 aromatic heterocycles. The highest BCUT2D eigenvalue weighted by atomic mass is 32.1. The molecule has 0 saturated heterocycles. The van der Waals surface area contributed by atoms with Gasteiger partial charge in [0.2, 0.25) is 0 Å². The zero-order valence-corrected chi connectivity index (χ0v) is 17.7. The number of thiophene rings is 2. The molecular formula is C20H17N5O4S2. The Hall–Kier alpha value is -3.57. The molecule has 0 aliphatic rings. The Bertz CT molecular complexity index is 1370. The maximum Gasteiger partial charge on any atom is 0.328 e. The Kier molecular flexibility index (Phi) is 6.05. The van der Waals surface area contributed by atoms with Crippen LogP contribution in [-0.4, -0.2) is 31.8 Å². The van der Waals surface area contributed by atoms with Gasteiger partial charge < -0.3 is 10.3 Å². The standard InChI is InChI=1S/C20H17N5O4S2/c26-17-6-5-15(16-4-2-10-31-16)23-25(17)8-7-21-18(27)14-11-22-20(29)24(19(14)28)12-13-3-1-9-30-13/h1-6,9-11H,7-8,12H2,(H,21,27)(H,22,29). The van der Waals surface area contributed by atoms with Crippen molar-refractivity contribution in [3.8, 4) is 10.6 Å². The van der Waals surface area contributed by atoms with E-state index in [2.05, 4.69) is 15.4 Å². The highest BCUT2D eigenvalue weighted by Crippen LogP contribution is 2.20. The molecule has 0 bridgehead atoms. The van der Waals surface area contributed by atoms with Gasteiger partial charge in [-0.2, -0.15) is 5.10 Å². The highest BCUT2D eigenvalue weighted by molar-refractivity contribution is 7.13. The maximum atomic E-state index is 12.6. The molecule has 0 fully saturated rings. The topological polar surface area (TPSA) is 119 Å². The summed E-state index contributed by atoms with van der Waals surface area (Å²) in [5.74, 6) is -0.636. The van der Waals surface area contributed by atoms with Crippen molar-refractivity contribution < 1.29 is 4.79 Å². The molecule has 31 heavy (non-hydrogen) atoms. The minimum Gasteiger partial charge on any atom is -0.350 e. The van der Waals surface area contributed by atoms with E-state index in [1.54, 1.807) is 12.1 Å². The van der Waals surface area contributed by atoms with Gasteiger partial charge in [-0.05, 0) is 29.0 Å². The number of hydrogen-bond acceptors (Lipinski definition) is 7. The number of carbonyl (C=O) groups is 1. The van der Waals surface area contributed by atoms with Gasteiger partial charge >= 0.3 is 5.69 Å². The molecule has 0 aliphatic heterocycles. The highest BCUT2D eigenvalue weighted by Gasteiger charge is 2.15. The van der Waals surface area contributed by atoms with E-state index < -0.39 is 17.2 Å². The van der Waals surface area contributed by atoms with Crippen LogP contribution >= 0.6 is 22.7 Å². The summed E-state index contributed by atoms with van der Waals surface area (Å²) in [5.41, 5.74) is -1.07. The van der Waals surface area contributed by atoms with Crippen molar-refractivity contribution in [1.29, 1.82) is 0 Å². The fraction of sp³-hybridized carbons (Fsp3) is 0.150. The Morgan fingerprint density at radius 1 is 1.06 bits per heavy atom. The molecule has 0 aromatic carbocycles. The number of hydrogen-bond donors (Lipinski definition) is 2. The van der Waals surface area contributed by atoms with E-state index in [0.717, 1.165) is 20.5 Å². The van der Waals surface area contributed by atoms with Gasteiger partial charge in [-0.1, -0.05) is 12.1 Å². The van der Waals surface area contributed by atoms with Gasteiger partial charge in [-0.15, -0.1) is 22.7 Å². The SMILES string of the molecule is O=C(NCCn1nc(-c2cccs2)ccc1=O)c1c[nH]c(=O)n(Cc2cccs2)c1=O. The van der Waals surface area contributed by atoms with Crippen LogP contribution in [0, 0.1) is 0 Å². The van der Waals surface area contributed by atoms with Crippen LogP contribution in [0.15, 0.2) is 67.7 Å². The van der Waals surface area contributed by atoms with Crippen molar-refractivity contribution in [2.45, 2.75) is 13.1 Å². The maximum absolute atomic E-state index is 12.6. The van der Waals surface area contributed by atoms with Gasteiger partial charge in [0.05, 0.1) is 18.0 Å². The molecule has 0 atom stereocenters. The number of aromatic nitrogens is 4. The van der Waals surface area contributed by atoms with Crippen LogP contribution in [0.3, 0.4) is 0 Å². The number of aromatic amines is 1. The van der Waals surface area contributed by atoms with Gasteiger partial charge in [0.25, 0.3) is 17.0 Å². The second-order valence-electron chi connectivity index (χ2n) is 6.49. The predicted octanol–water partition coefficient (Wildman–Crippen LogP) is 1.36. The molecule has 11 heteroatoms. The molecule has 4 heterocycles. The van der Waals surface area contributed by atoms with Gasteiger partial charge in [0.15, 0.2) is 0 Å². The fourth-order valence-corrected chi connectivity index (χ4v) is 4.29. The number of rotatable bonds is 7. The van der Waals surface area contributed by atoms with Gasteiger partial charge in [-0.25, -0.2) is 9.48 Å². The van der Waals surface area contributed by atoms with Gasteiger partial charge in [-0.3, -0.25) is 19.0 Å². The number of amides is 1. The van der Waals surface area contributed by atoms with E-state index in [4.69, 9.17) is 0 Å². The van der Waals surface area contributed by atoms with Crippen LogP contribution in [0.5, 0.6) is 0 Å². The van der Waals surface area contributed by atoms with E-state index in [1.807, 2.05) is 29.0 Å². The number of nitrogens with one attached hydrogen (secondary N) is 2. The van der Waals surface area contributed by atoms with Crippen LogP contribution in [-0.2, 0) is 13.1 Å². The summed E-state index contributed by atoms with van der Waals surface area (Å²) in [4.78, 5) is 53.4. The molecule has 4 rings (SSSR count). The quantitative estimate of drug-likeness (QED) is 0.436. The number of nitrogens with zero attached hydrogens (tertiary/aromatic N) is 3. The van der Waals surface area contributed by atoms with Crippen LogP contribution < -0.4 is 22.1 Å². The summed E-state index contributed by atoms with van der Waals surface area (Å²) in [6.45, 7) is 0.307. The third-order valence-electron chi connectivity index (χ3n) is 4.45. The molecule has 9 nitrogen and oxygen atoms in total. The molecule has 2 N–H and O–H groups in total. The number of carbonyl (C=O) groups excluding carboxylic acids is 1.